The summed E-state index contributed by atoms with van der Waals surface area (Å²) in [4.78, 5) is 4.54. The summed E-state index contributed by atoms with van der Waals surface area (Å²) in [6.07, 6.45) is 8.38. The van der Waals surface area contributed by atoms with Gasteiger partial charge in [-0.1, -0.05) is 46.8 Å². The molecule has 1 aliphatic rings. The molecule has 0 fully saturated rings. The predicted molar refractivity (Wildman–Crippen MR) is 67.1 cm³/mol. The second kappa shape index (κ2) is 3.34. The van der Waals surface area contributed by atoms with Gasteiger partial charge in [0.2, 0.25) is 5.89 Å². The Hall–Kier alpha value is -1.31. The van der Waals surface area contributed by atoms with Crippen LogP contribution in [0, 0.1) is 5.41 Å². The van der Waals surface area contributed by atoms with Gasteiger partial charge >= 0.3 is 0 Å². The molecule has 0 radical (unpaired) electrons. The number of oxazole rings is 1. The van der Waals surface area contributed by atoms with Crippen molar-refractivity contribution in [2.24, 2.45) is 5.41 Å². The Morgan fingerprint density at radius 1 is 1.12 bits per heavy atom. The van der Waals surface area contributed by atoms with E-state index < -0.39 is 0 Å². The third-order valence-electron chi connectivity index (χ3n) is 2.66. The minimum Gasteiger partial charge on any atom is -0.440 e. The van der Waals surface area contributed by atoms with Gasteiger partial charge in [0.1, 0.15) is 5.69 Å². The largest absolute Gasteiger partial charge is 0.440 e. The van der Waals surface area contributed by atoms with Crippen LogP contribution in [0.2, 0.25) is 0 Å². The standard InChI is InChI=1S/C14H19NO/c1-13(2,3)12-15-10-6-8-14(4,5)9-7-11(10)16-12/h6-9H,1-5H3. The Morgan fingerprint density at radius 2 is 1.75 bits per heavy atom. The van der Waals surface area contributed by atoms with Gasteiger partial charge in [-0.15, -0.1) is 0 Å². The van der Waals surface area contributed by atoms with Crippen LogP contribution in [0.1, 0.15) is 52.0 Å². The molecule has 0 saturated heterocycles. The third kappa shape index (κ3) is 2.11. The highest BCUT2D eigenvalue weighted by atomic mass is 16.4. The zero-order chi connectivity index (χ0) is 12.0. The molecule has 1 heterocycles. The Balaban J connectivity index is 2.45. The molecule has 2 nitrogen and oxygen atoms in total. The summed E-state index contributed by atoms with van der Waals surface area (Å²) in [6.45, 7) is 10.6. The highest BCUT2D eigenvalue weighted by Gasteiger charge is 2.23. The topological polar surface area (TPSA) is 26.0 Å². The van der Waals surface area contributed by atoms with Crippen LogP contribution in [0.4, 0.5) is 0 Å². The number of hydrogen-bond acceptors (Lipinski definition) is 2. The van der Waals surface area contributed by atoms with Crippen molar-refractivity contribution in [2.75, 3.05) is 0 Å². The highest BCUT2D eigenvalue weighted by molar-refractivity contribution is 5.62. The molecular weight excluding hydrogens is 198 g/mol. The molecule has 0 atom stereocenters. The van der Waals surface area contributed by atoms with Crippen molar-refractivity contribution in [2.45, 2.75) is 40.0 Å². The van der Waals surface area contributed by atoms with Gasteiger partial charge in [0.25, 0.3) is 0 Å². The summed E-state index contributed by atoms with van der Waals surface area (Å²) in [6, 6.07) is 0. The van der Waals surface area contributed by atoms with Gasteiger partial charge in [0.15, 0.2) is 5.76 Å². The molecule has 2 rings (SSSR count). The zero-order valence-corrected chi connectivity index (χ0v) is 10.7. The summed E-state index contributed by atoms with van der Waals surface area (Å²) < 4.78 is 5.79. The molecule has 86 valence electrons. The van der Waals surface area contributed by atoms with E-state index in [0.29, 0.717) is 0 Å². The molecule has 1 aromatic rings. The third-order valence-corrected chi connectivity index (χ3v) is 2.66. The molecule has 1 aliphatic carbocycles. The summed E-state index contributed by atoms with van der Waals surface area (Å²) in [7, 11) is 0. The molecule has 0 amide bonds. The van der Waals surface area contributed by atoms with Crippen LogP contribution in [0.15, 0.2) is 16.6 Å². The van der Waals surface area contributed by atoms with Gasteiger partial charge in [-0.25, -0.2) is 4.98 Å². The van der Waals surface area contributed by atoms with Crippen LogP contribution in [0.5, 0.6) is 0 Å². The first kappa shape index (κ1) is 11.2. The first-order valence-corrected chi connectivity index (χ1v) is 5.68. The smallest absolute Gasteiger partial charge is 0.200 e. The molecule has 0 saturated carbocycles. The Bertz CT molecular complexity index is 422. The predicted octanol–water partition coefficient (Wildman–Crippen LogP) is 4.04. The highest BCUT2D eigenvalue weighted by Crippen LogP contribution is 2.30. The van der Waals surface area contributed by atoms with E-state index >= 15 is 0 Å². The average molecular weight is 217 g/mol. The fraction of sp³-hybridized carbons (Fsp3) is 0.500. The Morgan fingerprint density at radius 3 is 2.38 bits per heavy atom. The molecule has 16 heavy (non-hydrogen) atoms. The molecule has 1 aromatic heterocycles. The normalized spacial score (nSPS) is 18.3. The van der Waals surface area contributed by atoms with Gasteiger partial charge in [0.05, 0.1) is 0 Å². The van der Waals surface area contributed by atoms with E-state index in [2.05, 4.69) is 51.8 Å². The maximum absolute atomic E-state index is 5.79. The first-order valence-electron chi connectivity index (χ1n) is 5.68. The maximum atomic E-state index is 5.79. The van der Waals surface area contributed by atoms with Gasteiger partial charge in [0, 0.05) is 10.8 Å². The lowest BCUT2D eigenvalue weighted by Crippen LogP contribution is -2.11. The number of nitrogens with zero attached hydrogens (tertiary/aromatic N) is 1. The number of hydrogen-bond donors (Lipinski definition) is 0. The minimum atomic E-state index is -0.0383. The summed E-state index contributed by atoms with van der Waals surface area (Å²) in [5, 5.41) is 0. The molecule has 2 heteroatoms. The first-order chi connectivity index (χ1) is 7.28. The van der Waals surface area contributed by atoms with Gasteiger partial charge in [-0.3, -0.25) is 0 Å². The monoisotopic (exact) mass is 217 g/mol. The summed E-state index contributed by atoms with van der Waals surface area (Å²) >= 11 is 0. The van der Waals surface area contributed by atoms with Gasteiger partial charge in [-0.05, 0) is 12.2 Å². The van der Waals surface area contributed by atoms with E-state index in [4.69, 9.17) is 4.42 Å². The van der Waals surface area contributed by atoms with E-state index in [1.165, 1.54) is 0 Å². The van der Waals surface area contributed by atoms with Crippen LogP contribution in [0.25, 0.3) is 12.2 Å². The van der Waals surface area contributed by atoms with Crippen LogP contribution < -0.4 is 0 Å². The molecule has 0 bridgehead atoms. The van der Waals surface area contributed by atoms with Crippen molar-refractivity contribution < 1.29 is 4.42 Å². The molecule has 0 spiro atoms. The molecule has 0 aromatic carbocycles. The lowest BCUT2D eigenvalue weighted by atomic mass is 9.93. The second-order valence-corrected chi connectivity index (χ2v) is 6.01. The number of fused-ring (bicyclic) bond motifs is 1. The quantitative estimate of drug-likeness (QED) is 0.655. The van der Waals surface area contributed by atoms with Crippen molar-refractivity contribution in [1.29, 1.82) is 0 Å². The van der Waals surface area contributed by atoms with Crippen molar-refractivity contribution in [3.05, 3.63) is 29.5 Å². The van der Waals surface area contributed by atoms with Crippen LogP contribution in [-0.2, 0) is 5.41 Å². The van der Waals surface area contributed by atoms with Gasteiger partial charge in [-0.2, -0.15) is 0 Å². The van der Waals surface area contributed by atoms with Crippen LogP contribution >= 0.6 is 0 Å². The van der Waals surface area contributed by atoms with E-state index in [1.807, 2.05) is 12.2 Å². The van der Waals surface area contributed by atoms with E-state index in [-0.39, 0.29) is 10.8 Å². The van der Waals surface area contributed by atoms with Crippen molar-refractivity contribution in [3.63, 3.8) is 0 Å². The maximum Gasteiger partial charge on any atom is 0.200 e. The number of aromatic nitrogens is 1. The Kier molecular flexibility index (Phi) is 2.33. The molecule has 0 N–H and O–H groups in total. The van der Waals surface area contributed by atoms with E-state index in [0.717, 1.165) is 17.3 Å². The second-order valence-electron chi connectivity index (χ2n) is 6.01. The van der Waals surface area contributed by atoms with E-state index in [1.54, 1.807) is 0 Å². The lowest BCUT2D eigenvalue weighted by Gasteiger charge is -2.13. The minimum absolute atomic E-state index is 0.0383. The fourth-order valence-electron chi connectivity index (χ4n) is 1.54. The van der Waals surface area contributed by atoms with Gasteiger partial charge < -0.3 is 4.42 Å². The number of allylic oxidation sites excluding steroid dienone is 2. The van der Waals surface area contributed by atoms with Crippen LogP contribution in [0.3, 0.4) is 0 Å². The lowest BCUT2D eigenvalue weighted by molar-refractivity contribution is 0.388. The van der Waals surface area contributed by atoms with Crippen molar-refractivity contribution in [1.82, 2.24) is 4.98 Å². The zero-order valence-electron chi connectivity index (χ0n) is 10.7. The average Bonchev–Trinajstić information content (AvgIpc) is 2.49. The summed E-state index contributed by atoms with van der Waals surface area (Å²) in [5.74, 6) is 1.67. The van der Waals surface area contributed by atoms with Crippen molar-refractivity contribution >= 4 is 12.2 Å². The SMILES string of the molecule is CC1(C)C=Cc2nc(C(C)(C)C)oc2C=C1. The van der Waals surface area contributed by atoms with Crippen molar-refractivity contribution in [3.8, 4) is 0 Å². The van der Waals surface area contributed by atoms with Crippen LogP contribution in [-0.4, -0.2) is 4.98 Å². The van der Waals surface area contributed by atoms with E-state index in [9.17, 15) is 0 Å². The summed E-state index contributed by atoms with van der Waals surface area (Å²) in [5.41, 5.74) is 0.973. The number of rotatable bonds is 0. The Labute approximate surface area is 97.1 Å². The molecular formula is C14H19NO. The molecule has 0 unspecified atom stereocenters. The molecule has 0 aliphatic heterocycles. The fourth-order valence-corrected chi connectivity index (χ4v) is 1.54.